The third kappa shape index (κ3) is 3.92. The van der Waals surface area contributed by atoms with Crippen LogP contribution in [0.25, 0.3) is 21.9 Å². The molecule has 29 heavy (non-hydrogen) atoms. The van der Waals surface area contributed by atoms with Gasteiger partial charge in [0.1, 0.15) is 0 Å². The predicted molar refractivity (Wildman–Crippen MR) is 111 cm³/mol. The lowest BCUT2D eigenvalue weighted by Gasteiger charge is -2.11. The minimum absolute atomic E-state index is 0.0305. The Morgan fingerprint density at radius 2 is 1.76 bits per heavy atom. The van der Waals surface area contributed by atoms with E-state index in [9.17, 15) is 0 Å². The quantitative estimate of drug-likeness (QED) is 0.370. The summed E-state index contributed by atoms with van der Waals surface area (Å²) in [5, 5.41) is 1.10. The van der Waals surface area contributed by atoms with Gasteiger partial charge < -0.3 is 13.9 Å². The molecule has 1 saturated carbocycles. The minimum atomic E-state index is -0.570. The Labute approximate surface area is 170 Å². The van der Waals surface area contributed by atoms with Crippen molar-refractivity contribution in [1.82, 2.24) is 0 Å². The van der Waals surface area contributed by atoms with E-state index in [4.69, 9.17) is 13.9 Å². The lowest BCUT2D eigenvalue weighted by Crippen LogP contribution is -2.08. The third-order valence-electron chi connectivity index (χ3n) is 5.86. The van der Waals surface area contributed by atoms with Gasteiger partial charge in [0, 0.05) is 10.8 Å². The summed E-state index contributed by atoms with van der Waals surface area (Å²) >= 11 is 0. The van der Waals surface area contributed by atoms with Gasteiger partial charge in [-0.2, -0.15) is 8.78 Å². The Morgan fingerprint density at radius 1 is 1.00 bits per heavy atom. The van der Waals surface area contributed by atoms with E-state index >= 15 is 8.78 Å². The van der Waals surface area contributed by atoms with E-state index in [-0.39, 0.29) is 22.7 Å². The SMILES string of the molecule is CCCCCOc1c(C)cc2c(oc3c(F)c(OCC4CCCC4)ccc32)c1F. The smallest absolute Gasteiger partial charge is 0.208 e. The Balaban J connectivity index is 1.65. The van der Waals surface area contributed by atoms with Crippen molar-refractivity contribution in [2.24, 2.45) is 5.92 Å². The molecule has 1 heterocycles. The molecule has 1 fully saturated rings. The summed E-state index contributed by atoms with van der Waals surface area (Å²) in [6, 6.07) is 5.16. The molecule has 3 aromatic rings. The molecule has 1 aliphatic rings. The van der Waals surface area contributed by atoms with Gasteiger partial charge in [0.25, 0.3) is 0 Å². The van der Waals surface area contributed by atoms with Crippen LogP contribution in [0.15, 0.2) is 22.6 Å². The molecule has 0 bridgehead atoms. The van der Waals surface area contributed by atoms with Crippen LogP contribution < -0.4 is 9.47 Å². The van der Waals surface area contributed by atoms with Gasteiger partial charge in [-0.05, 0) is 55.9 Å². The van der Waals surface area contributed by atoms with Crippen LogP contribution in [0.4, 0.5) is 8.78 Å². The highest BCUT2D eigenvalue weighted by Gasteiger charge is 2.23. The number of furan rings is 1. The van der Waals surface area contributed by atoms with Crippen molar-refractivity contribution in [3.63, 3.8) is 0 Å². The predicted octanol–water partition coefficient (Wildman–Crippen LogP) is 7.31. The molecule has 0 atom stereocenters. The maximum absolute atomic E-state index is 15.1. The average Bonchev–Trinajstić information content (AvgIpc) is 3.35. The number of hydrogen-bond donors (Lipinski definition) is 0. The monoisotopic (exact) mass is 402 g/mol. The first kappa shape index (κ1) is 20.0. The zero-order chi connectivity index (χ0) is 20.4. The van der Waals surface area contributed by atoms with Gasteiger partial charge in [0.2, 0.25) is 11.6 Å². The standard InChI is InChI=1S/C24H28F2O3/c1-3-4-7-12-27-22-15(2)13-18-17-10-11-19(28-14-16-8-5-6-9-16)20(25)23(17)29-24(18)21(22)26/h10-11,13,16H,3-9,12,14H2,1-2H3. The molecule has 0 saturated heterocycles. The first-order valence-corrected chi connectivity index (χ1v) is 10.7. The highest BCUT2D eigenvalue weighted by atomic mass is 19.1. The van der Waals surface area contributed by atoms with E-state index in [2.05, 4.69) is 6.92 Å². The highest BCUT2D eigenvalue weighted by molar-refractivity contribution is 6.06. The molecule has 0 amide bonds. The second kappa shape index (κ2) is 8.60. The van der Waals surface area contributed by atoms with E-state index in [1.54, 1.807) is 25.1 Å². The van der Waals surface area contributed by atoms with Crippen LogP contribution >= 0.6 is 0 Å². The Kier molecular flexibility index (Phi) is 5.93. The molecule has 5 heteroatoms. The van der Waals surface area contributed by atoms with Crippen LogP contribution in [0.5, 0.6) is 11.5 Å². The average molecular weight is 402 g/mol. The van der Waals surface area contributed by atoms with Crippen molar-refractivity contribution in [3.05, 3.63) is 35.4 Å². The van der Waals surface area contributed by atoms with Gasteiger partial charge in [-0.25, -0.2) is 0 Å². The summed E-state index contributed by atoms with van der Waals surface area (Å²) in [6.07, 6.45) is 7.63. The topological polar surface area (TPSA) is 31.6 Å². The molecule has 1 aromatic heterocycles. The summed E-state index contributed by atoms with van der Waals surface area (Å²) in [4.78, 5) is 0. The zero-order valence-corrected chi connectivity index (χ0v) is 17.2. The molecule has 1 aliphatic carbocycles. The summed E-state index contributed by atoms with van der Waals surface area (Å²) in [6.45, 7) is 4.86. The lowest BCUT2D eigenvalue weighted by molar-refractivity contribution is 0.242. The number of ether oxygens (including phenoxy) is 2. The van der Waals surface area contributed by atoms with Crippen molar-refractivity contribution in [2.75, 3.05) is 13.2 Å². The van der Waals surface area contributed by atoms with E-state index < -0.39 is 11.6 Å². The molecule has 2 aromatic carbocycles. The van der Waals surface area contributed by atoms with Gasteiger partial charge in [-0.15, -0.1) is 0 Å². The van der Waals surface area contributed by atoms with Crippen LogP contribution in [0.2, 0.25) is 0 Å². The summed E-state index contributed by atoms with van der Waals surface area (Å²) < 4.78 is 47.2. The van der Waals surface area contributed by atoms with Crippen molar-refractivity contribution >= 4 is 21.9 Å². The van der Waals surface area contributed by atoms with Crippen molar-refractivity contribution < 1.29 is 22.7 Å². The fraction of sp³-hybridized carbons (Fsp3) is 0.500. The molecule has 0 spiro atoms. The number of fused-ring (bicyclic) bond motifs is 3. The molecule has 0 N–H and O–H groups in total. The maximum atomic E-state index is 15.1. The summed E-state index contributed by atoms with van der Waals surface area (Å²) in [5.74, 6) is -0.310. The normalized spacial score (nSPS) is 14.9. The van der Waals surface area contributed by atoms with Gasteiger partial charge in [0.15, 0.2) is 22.7 Å². The Hall–Kier alpha value is -2.30. The number of benzene rings is 2. The molecule has 0 aliphatic heterocycles. The Morgan fingerprint density at radius 3 is 2.52 bits per heavy atom. The molecule has 3 nitrogen and oxygen atoms in total. The van der Waals surface area contributed by atoms with Crippen LogP contribution in [-0.2, 0) is 0 Å². The number of rotatable bonds is 8. The summed E-state index contributed by atoms with van der Waals surface area (Å²) in [7, 11) is 0. The Bertz CT molecular complexity index is 1000. The van der Waals surface area contributed by atoms with Gasteiger partial charge in [-0.3, -0.25) is 0 Å². The van der Waals surface area contributed by atoms with Crippen LogP contribution in [0, 0.1) is 24.5 Å². The van der Waals surface area contributed by atoms with E-state index in [0.29, 0.717) is 35.5 Å². The second-order valence-corrected chi connectivity index (χ2v) is 8.09. The molecule has 0 radical (unpaired) electrons. The first-order chi connectivity index (χ1) is 14.1. The molecule has 0 unspecified atom stereocenters. The molecular formula is C24H28F2O3. The maximum Gasteiger partial charge on any atom is 0.208 e. The fourth-order valence-corrected chi connectivity index (χ4v) is 4.19. The van der Waals surface area contributed by atoms with E-state index in [1.165, 1.54) is 12.8 Å². The van der Waals surface area contributed by atoms with Crippen LogP contribution in [0.1, 0.15) is 57.4 Å². The second-order valence-electron chi connectivity index (χ2n) is 8.09. The minimum Gasteiger partial charge on any atom is -0.490 e. The summed E-state index contributed by atoms with van der Waals surface area (Å²) in [5.41, 5.74) is 0.740. The molecule has 156 valence electrons. The third-order valence-corrected chi connectivity index (χ3v) is 5.86. The number of halogens is 2. The van der Waals surface area contributed by atoms with Gasteiger partial charge in [0.05, 0.1) is 13.2 Å². The fourth-order valence-electron chi connectivity index (χ4n) is 4.19. The van der Waals surface area contributed by atoms with E-state index in [0.717, 1.165) is 32.1 Å². The van der Waals surface area contributed by atoms with Crippen molar-refractivity contribution in [3.8, 4) is 11.5 Å². The van der Waals surface area contributed by atoms with Gasteiger partial charge >= 0.3 is 0 Å². The molecule has 4 rings (SSSR count). The number of aryl methyl sites for hydroxylation is 1. The largest absolute Gasteiger partial charge is 0.490 e. The van der Waals surface area contributed by atoms with Gasteiger partial charge in [-0.1, -0.05) is 32.6 Å². The first-order valence-electron chi connectivity index (χ1n) is 10.7. The van der Waals surface area contributed by atoms with Crippen LogP contribution in [0.3, 0.4) is 0 Å². The lowest BCUT2D eigenvalue weighted by atomic mass is 10.1. The van der Waals surface area contributed by atoms with Crippen molar-refractivity contribution in [2.45, 2.75) is 58.8 Å². The molecular weight excluding hydrogens is 374 g/mol. The number of hydrogen-bond acceptors (Lipinski definition) is 3. The van der Waals surface area contributed by atoms with E-state index in [1.807, 2.05) is 0 Å². The number of unbranched alkanes of at least 4 members (excludes halogenated alkanes) is 2. The zero-order valence-electron chi connectivity index (χ0n) is 17.2. The van der Waals surface area contributed by atoms with Crippen LogP contribution in [-0.4, -0.2) is 13.2 Å². The highest BCUT2D eigenvalue weighted by Crippen LogP contribution is 2.39. The van der Waals surface area contributed by atoms with Crippen molar-refractivity contribution in [1.29, 1.82) is 0 Å².